The van der Waals surface area contributed by atoms with Crippen LogP contribution in [0.5, 0.6) is 5.75 Å². The summed E-state index contributed by atoms with van der Waals surface area (Å²) in [5.74, 6) is -2.12. The number of anilines is 1. The maximum Gasteiger partial charge on any atom is 0.326 e. The molecule has 0 saturated carbocycles. The van der Waals surface area contributed by atoms with Crippen LogP contribution < -0.4 is 14.4 Å². The van der Waals surface area contributed by atoms with Crippen LogP contribution >= 0.6 is 0 Å². The van der Waals surface area contributed by atoms with Crippen molar-refractivity contribution in [2.24, 2.45) is 0 Å². The van der Waals surface area contributed by atoms with E-state index in [9.17, 15) is 31.9 Å². The van der Waals surface area contributed by atoms with Gasteiger partial charge in [-0.1, -0.05) is 18.2 Å². The van der Waals surface area contributed by atoms with Gasteiger partial charge in [0.15, 0.2) is 0 Å². The molecule has 2 aliphatic rings. The van der Waals surface area contributed by atoms with Gasteiger partial charge in [0, 0.05) is 25.1 Å². The Morgan fingerprint density at radius 3 is 2.66 bits per heavy atom. The van der Waals surface area contributed by atoms with Crippen molar-refractivity contribution in [1.82, 2.24) is 10.2 Å². The molecule has 2 N–H and O–H groups in total. The van der Waals surface area contributed by atoms with Gasteiger partial charge in [-0.3, -0.25) is 4.31 Å². The minimum Gasteiger partial charge on any atom is -0.486 e. The number of carbonyl (C=O) groups is 2. The number of aliphatic carboxylic acids is 1. The van der Waals surface area contributed by atoms with Gasteiger partial charge in [0.25, 0.3) is 10.0 Å². The number of ether oxygens (including phenoxy) is 1. The monoisotopic (exact) mass is 585 g/mol. The molecule has 12 heteroatoms. The number of aryl methyl sites for hydroxylation is 1. The molecule has 2 heterocycles. The van der Waals surface area contributed by atoms with E-state index < -0.39 is 45.8 Å². The fourth-order valence-electron chi connectivity index (χ4n) is 5.19. The molecule has 9 nitrogen and oxygen atoms in total. The van der Waals surface area contributed by atoms with Gasteiger partial charge in [-0.05, 0) is 73.4 Å². The average Bonchev–Trinajstić information content (AvgIpc) is 3.44. The molecule has 2 aliphatic heterocycles. The number of amides is 2. The van der Waals surface area contributed by atoms with Gasteiger partial charge in [0.05, 0.1) is 17.1 Å². The second kappa shape index (κ2) is 11.4. The van der Waals surface area contributed by atoms with Gasteiger partial charge in [0.1, 0.15) is 29.5 Å². The number of nitrogens with one attached hydrogen (secondary N) is 1. The van der Waals surface area contributed by atoms with Gasteiger partial charge in [0.2, 0.25) is 0 Å². The molecule has 0 bridgehead atoms. The van der Waals surface area contributed by atoms with E-state index in [0.717, 1.165) is 23.8 Å². The number of rotatable bonds is 7. The topological polar surface area (TPSA) is 116 Å². The number of urea groups is 1. The highest BCUT2D eigenvalue weighted by atomic mass is 32.2. The van der Waals surface area contributed by atoms with E-state index in [2.05, 4.69) is 5.32 Å². The van der Waals surface area contributed by atoms with Crippen LogP contribution in [-0.4, -0.2) is 62.2 Å². The zero-order valence-corrected chi connectivity index (χ0v) is 23.0. The third-order valence-electron chi connectivity index (χ3n) is 7.25. The molecule has 0 radical (unpaired) electrons. The molecule has 3 aromatic rings. The van der Waals surface area contributed by atoms with Crippen LogP contribution in [0.2, 0.25) is 0 Å². The Hall–Kier alpha value is -4.19. The molecular formula is C29H29F2N3O6S. The Balaban J connectivity index is 1.42. The predicted octanol–water partition coefficient (Wildman–Crippen LogP) is 4.55. The van der Waals surface area contributed by atoms with Crippen molar-refractivity contribution >= 4 is 27.7 Å². The van der Waals surface area contributed by atoms with Crippen molar-refractivity contribution in [3.8, 4) is 16.9 Å². The first-order chi connectivity index (χ1) is 19.5. The summed E-state index contributed by atoms with van der Waals surface area (Å²) < 4.78 is 63.5. The van der Waals surface area contributed by atoms with E-state index in [1.165, 1.54) is 33.5 Å². The zero-order chi connectivity index (χ0) is 29.3. The van der Waals surface area contributed by atoms with Crippen LogP contribution in [0.15, 0.2) is 65.6 Å². The third kappa shape index (κ3) is 5.83. The van der Waals surface area contributed by atoms with Crippen LogP contribution in [0, 0.1) is 18.6 Å². The van der Waals surface area contributed by atoms with Crippen molar-refractivity contribution < 1.29 is 36.6 Å². The maximum atomic E-state index is 14.6. The van der Waals surface area contributed by atoms with Crippen LogP contribution in [0.4, 0.5) is 19.3 Å². The molecule has 0 unspecified atom stereocenters. The van der Waals surface area contributed by atoms with Crippen molar-refractivity contribution in [3.63, 3.8) is 0 Å². The average molecular weight is 586 g/mol. The number of benzene rings is 3. The summed E-state index contributed by atoms with van der Waals surface area (Å²) in [6.07, 6.45) is 0.559. The standard InChI is InChI=1S/C29H29F2N3O6S/c1-18-4-2-5-22(14-18)41(38,39)34-17-21(11-12-32-29(37)33-13-3-6-25(33)28(35)36)40-27-10-7-19(15-26(27)34)23-16-20(30)8-9-24(23)31/h2,4-5,7-10,14-16,21,25H,3,6,11-13,17H2,1H3,(H,32,37)(H,35,36)/t21-,25-/m0/s1. The quantitative estimate of drug-likeness (QED) is 0.421. The number of halogens is 2. The Bertz CT molecular complexity index is 1600. The van der Waals surface area contributed by atoms with Crippen molar-refractivity contribution in [1.29, 1.82) is 0 Å². The normalized spacial score (nSPS) is 18.5. The fourth-order valence-corrected chi connectivity index (χ4v) is 6.79. The van der Waals surface area contributed by atoms with E-state index in [1.807, 2.05) is 0 Å². The number of hydrogen-bond donors (Lipinski definition) is 2. The first-order valence-electron chi connectivity index (χ1n) is 13.2. The summed E-state index contributed by atoms with van der Waals surface area (Å²) in [4.78, 5) is 25.4. The lowest BCUT2D eigenvalue weighted by atomic mass is 10.0. The molecule has 2 amide bonds. The Labute approximate surface area is 236 Å². The molecule has 0 aromatic heterocycles. The van der Waals surface area contributed by atoms with Gasteiger partial charge in [-0.2, -0.15) is 0 Å². The number of carbonyl (C=O) groups excluding carboxylic acids is 1. The van der Waals surface area contributed by atoms with Crippen LogP contribution in [0.3, 0.4) is 0 Å². The van der Waals surface area contributed by atoms with E-state index >= 15 is 0 Å². The number of fused-ring (bicyclic) bond motifs is 1. The van der Waals surface area contributed by atoms with Gasteiger partial charge in [-0.25, -0.2) is 26.8 Å². The van der Waals surface area contributed by atoms with Crippen LogP contribution in [0.1, 0.15) is 24.8 Å². The van der Waals surface area contributed by atoms with Gasteiger partial charge >= 0.3 is 12.0 Å². The highest BCUT2D eigenvalue weighted by Gasteiger charge is 2.36. The zero-order valence-electron chi connectivity index (χ0n) is 22.2. The molecule has 1 fully saturated rings. The summed E-state index contributed by atoms with van der Waals surface area (Å²) in [7, 11) is -4.09. The van der Waals surface area contributed by atoms with Crippen molar-refractivity contribution in [2.75, 3.05) is 23.9 Å². The highest BCUT2D eigenvalue weighted by Crippen LogP contribution is 2.41. The summed E-state index contributed by atoms with van der Waals surface area (Å²) >= 11 is 0. The lowest BCUT2D eigenvalue weighted by Gasteiger charge is -2.36. The van der Waals surface area contributed by atoms with E-state index in [4.69, 9.17) is 4.74 Å². The summed E-state index contributed by atoms with van der Waals surface area (Å²) in [5.41, 5.74) is 1.18. The number of likely N-dealkylation sites (tertiary alicyclic amines) is 1. The molecule has 5 rings (SSSR count). The number of hydrogen-bond acceptors (Lipinski definition) is 5. The molecule has 2 atom stereocenters. The molecule has 1 saturated heterocycles. The highest BCUT2D eigenvalue weighted by molar-refractivity contribution is 7.92. The molecular weight excluding hydrogens is 556 g/mol. The number of nitrogens with zero attached hydrogens (tertiary/aromatic N) is 2. The third-order valence-corrected chi connectivity index (χ3v) is 9.02. The van der Waals surface area contributed by atoms with E-state index in [-0.39, 0.29) is 47.0 Å². The van der Waals surface area contributed by atoms with Crippen molar-refractivity contribution in [2.45, 2.75) is 43.2 Å². The second-order valence-electron chi connectivity index (χ2n) is 10.1. The minimum atomic E-state index is -4.09. The lowest BCUT2D eigenvalue weighted by molar-refractivity contribution is -0.141. The first-order valence-corrected chi connectivity index (χ1v) is 14.6. The number of carboxylic acid groups (broad SMARTS) is 1. The molecule has 3 aromatic carbocycles. The molecule has 0 aliphatic carbocycles. The van der Waals surface area contributed by atoms with Crippen LogP contribution in [0.25, 0.3) is 11.1 Å². The van der Waals surface area contributed by atoms with E-state index in [0.29, 0.717) is 19.4 Å². The van der Waals surface area contributed by atoms with Gasteiger partial charge < -0.3 is 20.1 Å². The molecule has 0 spiro atoms. The Kier molecular flexibility index (Phi) is 7.85. The van der Waals surface area contributed by atoms with Crippen molar-refractivity contribution in [3.05, 3.63) is 77.9 Å². The summed E-state index contributed by atoms with van der Waals surface area (Å²) in [5, 5.41) is 12.1. The van der Waals surface area contributed by atoms with E-state index in [1.54, 1.807) is 25.1 Å². The van der Waals surface area contributed by atoms with Gasteiger partial charge in [-0.15, -0.1) is 0 Å². The number of carboxylic acids is 1. The first kappa shape index (κ1) is 28.3. The Morgan fingerprint density at radius 2 is 1.90 bits per heavy atom. The second-order valence-corrected chi connectivity index (χ2v) is 12.0. The largest absolute Gasteiger partial charge is 0.486 e. The summed E-state index contributed by atoms with van der Waals surface area (Å²) in [6, 6.07) is 12.6. The van der Waals surface area contributed by atoms with Crippen LogP contribution in [-0.2, 0) is 14.8 Å². The maximum absolute atomic E-state index is 14.6. The predicted molar refractivity (Wildman–Crippen MR) is 147 cm³/mol. The Morgan fingerprint density at radius 1 is 1.10 bits per heavy atom. The molecule has 216 valence electrons. The summed E-state index contributed by atoms with van der Waals surface area (Å²) in [6.45, 7) is 2.13. The number of sulfonamides is 1. The fraction of sp³-hybridized carbons (Fsp3) is 0.310. The smallest absolute Gasteiger partial charge is 0.326 e. The SMILES string of the molecule is Cc1cccc(S(=O)(=O)N2C[C@H](CCNC(=O)N3CCC[C@H]3C(=O)O)Oc3ccc(-c4cc(F)ccc4F)cc32)c1. The lowest BCUT2D eigenvalue weighted by Crippen LogP contribution is -2.48. The molecule has 41 heavy (non-hydrogen) atoms. The minimum absolute atomic E-state index is 0.0212.